The molecule has 1 aromatic heterocycles. The maximum atomic E-state index is 10.7. The molecule has 0 saturated carbocycles. The summed E-state index contributed by atoms with van der Waals surface area (Å²) in [6.45, 7) is 3.87. The minimum absolute atomic E-state index is 0.778. The SMILES string of the molecule is Cc1nn(-c2ccc(Br)cc2/C=C/C(=O)O)c(C)c1Br. The van der Waals surface area contributed by atoms with Crippen molar-refractivity contribution >= 4 is 43.9 Å². The number of hydrogen-bond donors (Lipinski definition) is 1. The summed E-state index contributed by atoms with van der Waals surface area (Å²) in [5.41, 5.74) is 3.46. The summed E-state index contributed by atoms with van der Waals surface area (Å²) in [6.07, 6.45) is 2.68. The number of aromatic nitrogens is 2. The molecule has 1 N–H and O–H groups in total. The van der Waals surface area contributed by atoms with Gasteiger partial charge in [-0.25, -0.2) is 9.48 Å². The van der Waals surface area contributed by atoms with Crippen LogP contribution in [0.15, 0.2) is 33.2 Å². The molecule has 0 aliphatic carbocycles. The third kappa shape index (κ3) is 3.02. The maximum absolute atomic E-state index is 10.7. The Bertz CT molecular complexity index is 705. The van der Waals surface area contributed by atoms with Crippen molar-refractivity contribution < 1.29 is 9.90 Å². The zero-order chi connectivity index (χ0) is 14.9. The molecule has 0 fully saturated rings. The normalized spacial score (nSPS) is 11.2. The van der Waals surface area contributed by atoms with E-state index >= 15 is 0 Å². The monoisotopic (exact) mass is 398 g/mol. The lowest BCUT2D eigenvalue weighted by Gasteiger charge is -2.09. The van der Waals surface area contributed by atoms with Gasteiger partial charge in [-0.05, 0) is 54.1 Å². The number of nitrogens with zero attached hydrogens (tertiary/aromatic N) is 2. The Hall–Kier alpha value is -1.40. The van der Waals surface area contributed by atoms with E-state index < -0.39 is 5.97 Å². The predicted octanol–water partition coefficient (Wildman–Crippen LogP) is 4.11. The fraction of sp³-hybridized carbons (Fsp3) is 0.143. The Morgan fingerprint density at radius 2 is 2.05 bits per heavy atom. The third-order valence-corrected chi connectivity index (χ3v) is 4.47. The summed E-state index contributed by atoms with van der Waals surface area (Å²) in [5.74, 6) is -0.981. The maximum Gasteiger partial charge on any atom is 0.328 e. The molecule has 0 saturated heterocycles. The van der Waals surface area contributed by atoms with Crippen molar-refractivity contribution in [1.29, 1.82) is 0 Å². The number of halogens is 2. The van der Waals surface area contributed by atoms with Crippen LogP contribution < -0.4 is 0 Å². The molecule has 6 heteroatoms. The first-order chi connectivity index (χ1) is 9.40. The zero-order valence-electron chi connectivity index (χ0n) is 10.9. The molecule has 1 heterocycles. The van der Waals surface area contributed by atoms with E-state index in [-0.39, 0.29) is 0 Å². The Labute approximate surface area is 133 Å². The van der Waals surface area contributed by atoms with Gasteiger partial charge < -0.3 is 5.11 Å². The number of aryl methyl sites for hydroxylation is 1. The van der Waals surface area contributed by atoms with Crippen molar-refractivity contribution in [2.45, 2.75) is 13.8 Å². The van der Waals surface area contributed by atoms with E-state index in [0.717, 1.165) is 37.7 Å². The van der Waals surface area contributed by atoms with Crippen LogP contribution in [0.2, 0.25) is 0 Å². The number of carboxylic acids is 1. The van der Waals surface area contributed by atoms with Crippen LogP contribution in [0.5, 0.6) is 0 Å². The van der Waals surface area contributed by atoms with Gasteiger partial charge in [0.25, 0.3) is 0 Å². The van der Waals surface area contributed by atoms with Gasteiger partial charge in [-0.15, -0.1) is 0 Å². The molecule has 0 radical (unpaired) electrons. The molecule has 1 aromatic carbocycles. The fourth-order valence-electron chi connectivity index (χ4n) is 1.87. The van der Waals surface area contributed by atoms with Crippen LogP contribution in [-0.2, 0) is 4.79 Å². The highest BCUT2D eigenvalue weighted by Gasteiger charge is 2.12. The van der Waals surface area contributed by atoms with Gasteiger partial charge in [-0.1, -0.05) is 15.9 Å². The molecule has 104 valence electrons. The molecule has 20 heavy (non-hydrogen) atoms. The first-order valence-corrected chi connectivity index (χ1v) is 7.41. The molecule has 0 aliphatic rings. The van der Waals surface area contributed by atoms with Crippen molar-refractivity contribution in [3.63, 3.8) is 0 Å². The molecule has 0 unspecified atom stereocenters. The number of benzene rings is 1. The molecule has 4 nitrogen and oxygen atoms in total. The van der Waals surface area contributed by atoms with Gasteiger partial charge in [0, 0.05) is 16.1 Å². The van der Waals surface area contributed by atoms with E-state index in [1.165, 1.54) is 0 Å². The van der Waals surface area contributed by atoms with Crippen LogP contribution in [0.1, 0.15) is 17.0 Å². The van der Waals surface area contributed by atoms with E-state index in [1.54, 1.807) is 10.8 Å². The summed E-state index contributed by atoms with van der Waals surface area (Å²) in [5, 5.41) is 13.3. The van der Waals surface area contributed by atoms with Gasteiger partial charge in [-0.2, -0.15) is 5.10 Å². The molecule has 0 aliphatic heterocycles. The Morgan fingerprint density at radius 1 is 1.35 bits per heavy atom. The van der Waals surface area contributed by atoms with Crippen LogP contribution in [0.25, 0.3) is 11.8 Å². The first kappa shape index (κ1) is 15.0. The Balaban J connectivity index is 2.61. The van der Waals surface area contributed by atoms with Crippen molar-refractivity contribution in [3.05, 3.63) is 50.2 Å². The Kier molecular flexibility index (Phi) is 4.45. The topological polar surface area (TPSA) is 55.1 Å². The van der Waals surface area contributed by atoms with Gasteiger partial charge in [0.15, 0.2) is 0 Å². The molecule has 0 amide bonds. The van der Waals surface area contributed by atoms with E-state index in [1.807, 2.05) is 32.0 Å². The average molecular weight is 400 g/mol. The largest absolute Gasteiger partial charge is 0.478 e. The summed E-state index contributed by atoms with van der Waals surface area (Å²) in [7, 11) is 0. The van der Waals surface area contributed by atoms with E-state index in [2.05, 4.69) is 37.0 Å². The standard InChI is InChI=1S/C14H12Br2N2O2/c1-8-14(16)9(2)18(17-8)12-5-4-11(15)7-10(12)3-6-13(19)20/h3-7H,1-2H3,(H,19,20)/b6-3+. The van der Waals surface area contributed by atoms with E-state index in [9.17, 15) is 4.79 Å². The van der Waals surface area contributed by atoms with Crippen LogP contribution in [0.3, 0.4) is 0 Å². The molecule has 0 spiro atoms. The third-order valence-electron chi connectivity index (χ3n) is 2.83. The van der Waals surface area contributed by atoms with Crippen molar-refractivity contribution in [2.75, 3.05) is 0 Å². The second-order valence-corrected chi connectivity index (χ2v) is 5.98. The Morgan fingerprint density at radius 3 is 2.60 bits per heavy atom. The fourth-order valence-corrected chi connectivity index (χ4v) is 2.50. The molecule has 0 bridgehead atoms. The second-order valence-electron chi connectivity index (χ2n) is 4.27. The van der Waals surface area contributed by atoms with Crippen molar-refractivity contribution in [2.24, 2.45) is 0 Å². The smallest absolute Gasteiger partial charge is 0.328 e. The summed E-state index contributed by atoms with van der Waals surface area (Å²) < 4.78 is 3.63. The number of carboxylic acid groups (broad SMARTS) is 1. The highest BCUT2D eigenvalue weighted by molar-refractivity contribution is 9.10. The molecular formula is C14H12Br2N2O2. The highest BCUT2D eigenvalue weighted by atomic mass is 79.9. The molecular weight excluding hydrogens is 388 g/mol. The molecule has 2 rings (SSSR count). The lowest BCUT2D eigenvalue weighted by Crippen LogP contribution is -2.02. The summed E-state index contributed by atoms with van der Waals surface area (Å²) in [4.78, 5) is 10.7. The van der Waals surface area contributed by atoms with Gasteiger partial charge in [0.2, 0.25) is 0 Å². The second kappa shape index (κ2) is 5.93. The number of carbonyl (C=O) groups is 1. The lowest BCUT2D eigenvalue weighted by molar-refractivity contribution is -0.131. The zero-order valence-corrected chi connectivity index (χ0v) is 14.1. The molecule has 2 aromatic rings. The van der Waals surface area contributed by atoms with Crippen LogP contribution >= 0.6 is 31.9 Å². The lowest BCUT2D eigenvalue weighted by atomic mass is 10.1. The van der Waals surface area contributed by atoms with Crippen LogP contribution in [0.4, 0.5) is 0 Å². The van der Waals surface area contributed by atoms with Crippen molar-refractivity contribution in [3.8, 4) is 5.69 Å². The minimum atomic E-state index is -0.981. The van der Waals surface area contributed by atoms with Gasteiger partial charge in [-0.3, -0.25) is 0 Å². The van der Waals surface area contributed by atoms with Crippen LogP contribution in [0, 0.1) is 13.8 Å². The van der Waals surface area contributed by atoms with Crippen LogP contribution in [-0.4, -0.2) is 20.9 Å². The molecule has 0 atom stereocenters. The van der Waals surface area contributed by atoms with Gasteiger partial charge in [0.05, 0.1) is 21.5 Å². The number of rotatable bonds is 3. The summed E-state index contributed by atoms with van der Waals surface area (Å²) >= 11 is 6.89. The average Bonchev–Trinajstić information content (AvgIpc) is 2.64. The van der Waals surface area contributed by atoms with Gasteiger partial charge in [0.1, 0.15) is 0 Å². The van der Waals surface area contributed by atoms with E-state index in [0.29, 0.717) is 0 Å². The van der Waals surface area contributed by atoms with Crippen molar-refractivity contribution in [1.82, 2.24) is 9.78 Å². The van der Waals surface area contributed by atoms with E-state index in [4.69, 9.17) is 5.11 Å². The minimum Gasteiger partial charge on any atom is -0.478 e. The van der Waals surface area contributed by atoms with Gasteiger partial charge >= 0.3 is 5.97 Å². The first-order valence-electron chi connectivity index (χ1n) is 5.83. The number of aliphatic carboxylic acids is 1. The quantitative estimate of drug-likeness (QED) is 0.790. The highest BCUT2D eigenvalue weighted by Crippen LogP contribution is 2.27. The predicted molar refractivity (Wildman–Crippen MR) is 85.1 cm³/mol. The summed E-state index contributed by atoms with van der Waals surface area (Å²) in [6, 6.07) is 5.66. The number of hydrogen-bond acceptors (Lipinski definition) is 2.